The number of allylic oxidation sites excluding steroid dienone is 2. The van der Waals surface area contributed by atoms with Crippen molar-refractivity contribution in [2.45, 2.75) is 70.3 Å². The smallest absolute Gasteiger partial charge is 0.305 e. The van der Waals surface area contributed by atoms with Crippen molar-refractivity contribution in [3.63, 3.8) is 0 Å². The Labute approximate surface area is 209 Å². The van der Waals surface area contributed by atoms with Crippen LogP contribution in [0.3, 0.4) is 0 Å². The second kappa shape index (κ2) is 7.28. The fraction of sp³-hybridized carbons (Fsp3) is 0.571. The molecule has 2 fully saturated rings. The lowest BCUT2D eigenvalue weighted by molar-refractivity contribution is -0.204. The van der Waals surface area contributed by atoms with Crippen LogP contribution >= 0.6 is 0 Å². The van der Waals surface area contributed by atoms with E-state index >= 15 is 0 Å². The Kier molecular flexibility index (Phi) is 4.73. The first-order valence-corrected chi connectivity index (χ1v) is 12.4. The molecule has 8 nitrogen and oxygen atoms in total. The van der Waals surface area contributed by atoms with E-state index in [2.05, 4.69) is 13.8 Å². The Morgan fingerprint density at radius 2 is 2.06 bits per heavy atom. The minimum Gasteiger partial charge on any atom is -0.475 e. The SMILES string of the molecule is COC(=O)C[C@H]1[C@]2(C)C3=C(C)[C@H](c4ccoc4)C[C@H]3O[C@@H]2[C@@H]2OC=N[C@@]23[C@](C)(C=O)C=CC(=O)[C@]13C. The molecule has 0 radical (unpaired) electrons. The van der Waals surface area contributed by atoms with Gasteiger partial charge in [-0.2, -0.15) is 0 Å². The van der Waals surface area contributed by atoms with Gasteiger partial charge in [0.1, 0.15) is 17.9 Å². The zero-order valence-corrected chi connectivity index (χ0v) is 21.1. The van der Waals surface area contributed by atoms with Crippen LogP contribution in [0.25, 0.3) is 0 Å². The van der Waals surface area contributed by atoms with Gasteiger partial charge in [0.15, 0.2) is 18.3 Å². The largest absolute Gasteiger partial charge is 0.475 e. The molecule has 1 spiro atoms. The molecule has 190 valence electrons. The number of fused-ring (bicyclic) bond motifs is 4. The number of hydrogen-bond acceptors (Lipinski definition) is 8. The number of hydrogen-bond donors (Lipinski definition) is 0. The predicted molar refractivity (Wildman–Crippen MR) is 128 cm³/mol. The molecule has 36 heavy (non-hydrogen) atoms. The van der Waals surface area contributed by atoms with Crippen molar-refractivity contribution >= 4 is 24.4 Å². The van der Waals surface area contributed by atoms with Crippen LogP contribution in [0.4, 0.5) is 0 Å². The molecule has 0 unspecified atom stereocenters. The normalized spacial score (nSPS) is 46.1. The minimum absolute atomic E-state index is 0.0122. The number of aliphatic imine (C=N–C) groups is 1. The topological polar surface area (TPSA) is 104 Å². The lowest BCUT2D eigenvalue weighted by atomic mass is 9.38. The number of rotatable bonds is 4. The molecule has 1 aromatic rings. The molecule has 8 heteroatoms. The van der Waals surface area contributed by atoms with Crippen molar-refractivity contribution in [2.24, 2.45) is 27.2 Å². The standard InChI is InChI=1S/C28H31NO7/c1-15-17(16-7-9-34-12-16)10-18-22(15)26(3)19(11-21(32)33-5)27(4)20(31)6-8-25(2,13-30)28(27)24(23(26)36-18)35-14-29-28/h6-9,12-14,17-19,23-24H,10-11H2,1-5H3/t17-,18-,19+,23-,24+,25+,26-,27+,28-/m1/s1. The van der Waals surface area contributed by atoms with E-state index in [9.17, 15) is 14.4 Å². The van der Waals surface area contributed by atoms with Crippen molar-refractivity contribution in [1.29, 1.82) is 0 Å². The predicted octanol–water partition coefficient (Wildman–Crippen LogP) is 3.57. The monoisotopic (exact) mass is 493 g/mol. The fourth-order valence-corrected chi connectivity index (χ4v) is 8.59. The number of furan rings is 1. The average molecular weight is 494 g/mol. The number of aldehydes is 1. The van der Waals surface area contributed by atoms with E-state index in [1.165, 1.54) is 19.6 Å². The molecule has 2 aliphatic heterocycles. The lowest BCUT2D eigenvalue weighted by Crippen LogP contribution is -2.77. The molecule has 9 atom stereocenters. The number of carbonyl (C=O) groups excluding carboxylic acids is 3. The third kappa shape index (κ3) is 2.39. The van der Waals surface area contributed by atoms with E-state index in [0.29, 0.717) is 0 Å². The van der Waals surface area contributed by atoms with Gasteiger partial charge in [-0.25, -0.2) is 4.99 Å². The molecule has 0 bridgehead atoms. The van der Waals surface area contributed by atoms with Crippen LogP contribution in [0, 0.1) is 22.2 Å². The highest BCUT2D eigenvalue weighted by molar-refractivity contribution is 6.01. The third-order valence-electron chi connectivity index (χ3n) is 10.3. The van der Waals surface area contributed by atoms with Crippen LogP contribution in [-0.2, 0) is 28.6 Å². The summed E-state index contributed by atoms with van der Waals surface area (Å²) in [6.45, 7) is 7.82. The van der Waals surface area contributed by atoms with Gasteiger partial charge in [-0.1, -0.05) is 18.6 Å². The van der Waals surface area contributed by atoms with Gasteiger partial charge in [0.05, 0.1) is 43.0 Å². The van der Waals surface area contributed by atoms with Gasteiger partial charge in [-0.15, -0.1) is 0 Å². The molecule has 1 aromatic heterocycles. The highest BCUT2D eigenvalue weighted by atomic mass is 16.6. The number of carbonyl (C=O) groups is 3. The lowest BCUT2D eigenvalue weighted by Gasteiger charge is -2.65. The molecular formula is C28H31NO7. The van der Waals surface area contributed by atoms with E-state index in [1.807, 2.05) is 13.0 Å². The van der Waals surface area contributed by atoms with Gasteiger partial charge in [-0.3, -0.25) is 9.59 Å². The van der Waals surface area contributed by atoms with Gasteiger partial charge in [0.25, 0.3) is 0 Å². The molecule has 3 aliphatic carbocycles. The van der Waals surface area contributed by atoms with Crippen molar-refractivity contribution in [2.75, 3.05) is 7.11 Å². The molecule has 0 aromatic carbocycles. The molecule has 0 N–H and O–H groups in total. The maximum atomic E-state index is 14.0. The van der Waals surface area contributed by atoms with E-state index in [4.69, 9.17) is 23.6 Å². The second-order valence-corrected chi connectivity index (χ2v) is 11.5. The number of ether oxygens (including phenoxy) is 3. The second-order valence-electron chi connectivity index (χ2n) is 11.5. The number of nitrogens with zero attached hydrogens (tertiary/aromatic N) is 1. The van der Waals surface area contributed by atoms with E-state index in [-0.39, 0.29) is 24.2 Å². The minimum atomic E-state index is -1.26. The summed E-state index contributed by atoms with van der Waals surface area (Å²) in [6.07, 6.45) is 8.07. The number of esters is 1. The van der Waals surface area contributed by atoms with Crippen LogP contribution in [0.2, 0.25) is 0 Å². The van der Waals surface area contributed by atoms with Crippen LogP contribution in [0.1, 0.15) is 52.0 Å². The van der Waals surface area contributed by atoms with Gasteiger partial charge < -0.3 is 23.4 Å². The van der Waals surface area contributed by atoms with E-state index < -0.39 is 45.9 Å². The van der Waals surface area contributed by atoms with Crippen LogP contribution in [0.5, 0.6) is 0 Å². The zero-order chi connectivity index (χ0) is 25.7. The first-order chi connectivity index (χ1) is 17.1. The summed E-state index contributed by atoms with van der Waals surface area (Å²) >= 11 is 0. The Hall–Kier alpha value is -3.00. The quantitative estimate of drug-likeness (QED) is 0.359. The summed E-state index contributed by atoms with van der Waals surface area (Å²) in [5.74, 6) is -1.02. The summed E-state index contributed by atoms with van der Waals surface area (Å²) in [4.78, 5) is 44.3. The Morgan fingerprint density at radius 1 is 1.28 bits per heavy atom. The van der Waals surface area contributed by atoms with Crippen molar-refractivity contribution in [3.05, 3.63) is 47.5 Å². The molecule has 3 heterocycles. The summed E-state index contributed by atoms with van der Waals surface area (Å²) in [6, 6.07) is 1.97. The van der Waals surface area contributed by atoms with E-state index in [1.54, 1.807) is 25.5 Å². The molecule has 6 rings (SSSR count). The maximum absolute atomic E-state index is 14.0. The Morgan fingerprint density at radius 3 is 2.72 bits per heavy atom. The fourth-order valence-electron chi connectivity index (χ4n) is 8.59. The number of methoxy groups -OCH3 is 1. The van der Waals surface area contributed by atoms with Gasteiger partial charge in [-0.05, 0) is 56.4 Å². The first-order valence-electron chi connectivity index (χ1n) is 12.4. The first kappa shape index (κ1) is 23.4. The summed E-state index contributed by atoms with van der Waals surface area (Å²) in [5, 5.41) is 0. The van der Waals surface area contributed by atoms with E-state index in [0.717, 1.165) is 29.4 Å². The van der Waals surface area contributed by atoms with Crippen molar-refractivity contribution in [3.8, 4) is 0 Å². The van der Waals surface area contributed by atoms with Crippen LogP contribution < -0.4 is 0 Å². The summed E-state index contributed by atoms with van der Waals surface area (Å²) in [7, 11) is 1.35. The average Bonchev–Trinajstić information content (AvgIpc) is 3.64. The van der Waals surface area contributed by atoms with Crippen LogP contribution in [0.15, 0.2) is 51.3 Å². The van der Waals surface area contributed by atoms with Crippen molar-refractivity contribution < 1.29 is 33.0 Å². The zero-order valence-electron chi connectivity index (χ0n) is 21.1. The molecular weight excluding hydrogens is 462 g/mol. The van der Waals surface area contributed by atoms with Gasteiger partial charge in [0.2, 0.25) is 0 Å². The molecule has 1 saturated heterocycles. The Bertz CT molecular complexity index is 1250. The highest BCUT2D eigenvalue weighted by Gasteiger charge is 2.82. The van der Waals surface area contributed by atoms with Crippen LogP contribution in [-0.4, -0.2) is 55.4 Å². The van der Waals surface area contributed by atoms with Gasteiger partial charge >= 0.3 is 5.97 Å². The third-order valence-corrected chi connectivity index (χ3v) is 10.3. The highest BCUT2D eigenvalue weighted by Crippen LogP contribution is 2.73. The van der Waals surface area contributed by atoms with Crippen molar-refractivity contribution in [1.82, 2.24) is 0 Å². The summed E-state index contributed by atoms with van der Waals surface area (Å²) < 4.78 is 23.5. The molecule has 0 amide bonds. The number of ketones is 1. The molecule has 5 aliphatic rings. The Balaban J connectivity index is 1.62. The van der Waals surface area contributed by atoms with Gasteiger partial charge in [0, 0.05) is 11.3 Å². The molecule has 1 saturated carbocycles. The summed E-state index contributed by atoms with van der Waals surface area (Å²) in [5.41, 5.74) is -1.01. The maximum Gasteiger partial charge on any atom is 0.305 e.